The Morgan fingerprint density at radius 2 is 2.29 bits per heavy atom. The minimum Gasteiger partial charge on any atom is -0.370 e. The molecule has 0 radical (unpaired) electrons. The Bertz CT molecular complexity index is 603. The molecule has 1 amide bonds. The number of halogens is 1. The number of pyridine rings is 1. The first-order valence-corrected chi connectivity index (χ1v) is 7.96. The van der Waals surface area contributed by atoms with Crippen LogP contribution in [0.15, 0.2) is 23.0 Å². The van der Waals surface area contributed by atoms with E-state index in [0.29, 0.717) is 23.1 Å². The van der Waals surface area contributed by atoms with Gasteiger partial charge in [0.2, 0.25) is 0 Å². The molecule has 0 atom stereocenters. The fourth-order valence-electron chi connectivity index (χ4n) is 1.81. The molecule has 0 aliphatic heterocycles. The SMILES string of the molecule is CCCNc1cc(C(=O)N(C)Cc2cscn2)cc(Cl)n1. The number of hydrogen-bond donors (Lipinski definition) is 1. The van der Waals surface area contributed by atoms with Crippen LogP contribution < -0.4 is 5.32 Å². The largest absolute Gasteiger partial charge is 0.370 e. The van der Waals surface area contributed by atoms with Crippen molar-refractivity contribution >= 4 is 34.7 Å². The molecule has 21 heavy (non-hydrogen) atoms. The van der Waals surface area contributed by atoms with Gasteiger partial charge in [0.05, 0.1) is 17.7 Å². The average Bonchev–Trinajstić information content (AvgIpc) is 2.96. The van der Waals surface area contributed by atoms with Crippen LogP contribution in [0.2, 0.25) is 5.15 Å². The van der Waals surface area contributed by atoms with Gasteiger partial charge in [-0.15, -0.1) is 11.3 Å². The van der Waals surface area contributed by atoms with Crippen LogP contribution in [0.1, 0.15) is 29.4 Å². The molecule has 0 aliphatic rings. The predicted octanol–water partition coefficient (Wildman–Crippen LogP) is 3.29. The topological polar surface area (TPSA) is 58.1 Å². The van der Waals surface area contributed by atoms with Crippen molar-refractivity contribution in [2.75, 3.05) is 18.9 Å². The maximum atomic E-state index is 12.4. The number of anilines is 1. The molecule has 2 aromatic heterocycles. The number of rotatable bonds is 6. The summed E-state index contributed by atoms with van der Waals surface area (Å²) < 4.78 is 0. The van der Waals surface area contributed by atoms with E-state index in [-0.39, 0.29) is 5.91 Å². The molecule has 0 saturated heterocycles. The highest BCUT2D eigenvalue weighted by molar-refractivity contribution is 7.07. The van der Waals surface area contributed by atoms with Crippen LogP contribution in [0.25, 0.3) is 0 Å². The Morgan fingerprint density at radius 3 is 2.95 bits per heavy atom. The lowest BCUT2D eigenvalue weighted by Gasteiger charge is -2.16. The first-order chi connectivity index (χ1) is 10.1. The van der Waals surface area contributed by atoms with Gasteiger partial charge in [0.15, 0.2) is 0 Å². The summed E-state index contributed by atoms with van der Waals surface area (Å²) in [5.74, 6) is 0.515. The van der Waals surface area contributed by atoms with Crippen molar-refractivity contribution in [3.8, 4) is 0 Å². The second kappa shape index (κ2) is 7.38. The summed E-state index contributed by atoms with van der Waals surface area (Å²) in [4.78, 5) is 22.4. The molecule has 0 aliphatic carbocycles. The van der Waals surface area contributed by atoms with E-state index >= 15 is 0 Å². The van der Waals surface area contributed by atoms with Gasteiger partial charge in [-0.05, 0) is 18.6 Å². The number of aromatic nitrogens is 2. The van der Waals surface area contributed by atoms with Crippen LogP contribution in [0.4, 0.5) is 5.82 Å². The lowest BCUT2D eigenvalue weighted by molar-refractivity contribution is 0.0783. The van der Waals surface area contributed by atoms with E-state index in [2.05, 4.69) is 22.2 Å². The standard InChI is InChI=1S/C14H17ClN4OS/c1-3-4-16-13-6-10(5-12(15)18-13)14(20)19(2)7-11-8-21-9-17-11/h5-6,8-9H,3-4,7H2,1-2H3,(H,16,18). The van der Waals surface area contributed by atoms with Gasteiger partial charge in [-0.25, -0.2) is 9.97 Å². The Labute approximate surface area is 133 Å². The molecule has 7 heteroatoms. The molecule has 0 bridgehead atoms. The van der Waals surface area contributed by atoms with E-state index in [1.807, 2.05) is 5.38 Å². The van der Waals surface area contributed by atoms with Gasteiger partial charge >= 0.3 is 0 Å². The number of carbonyl (C=O) groups is 1. The first kappa shape index (κ1) is 15.7. The number of hydrogen-bond acceptors (Lipinski definition) is 5. The molecule has 0 fully saturated rings. The van der Waals surface area contributed by atoms with E-state index < -0.39 is 0 Å². The van der Waals surface area contributed by atoms with E-state index in [1.165, 1.54) is 11.3 Å². The third kappa shape index (κ3) is 4.41. The summed E-state index contributed by atoms with van der Waals surface area (Å²) in [5.41, 5.74) is 3.15. The van der Waals surface area contributed by atoms with E-state index in [4.69, 9.17) is 11.6 Å². The quantitative estimate of drug-likeness (QED) is 0.828. The number of amides is 1. The highest BCUT2D eigenvalue weighted by Crippen LogP contribution is 2.17. The molecule has 0 unspecified atom stereocenters. The highest BCUT2D eigenvalue weighted by atomic mass is 35.5. The van der Waals surface area contributed by atoms with Gasteiger partial charge < -0.3 is 10.2 Å². The molecule has 0 aromatic carbocycles. The zero-order valence-electron chi connectivity index (χ0n) is 12.0. The third-order valence-corrected chi connectivity index (χ3v) is 3.66. The average molecular weight is 325 g/mol. The molecule has 2 aromatic rings. The van der Waals surface area contributed by atoms with Crippen molar-refractivity contribution in [1.82, 2.24) is 14.9 Å². The van der Waals surface area contributed by atoms with Crippen LogP contribution in [-0.4, -0.2) is 34.4 Å². The number of carbonyl (C=O) groups excluding carboxylic acids is 1. The molecule has 0 spiro atoms. The number of thiazole rings is 1. The van der Waals surface area contributed by atoms with Crippen molar-refractivity contribution in [2.45, 2.75) is 19.9 Å². The van der Waals surface area contributed by atoms with E-state index in [1.54, 1.807) is 29.6 Å². The molecule has 2 heterocycles. The van der Waals surface area contributed by atoms with Crippen molar-refractivity contribution in [3.63, 3.8) is 0 Å². The summed E-state index contributed by atoms with van der Waals surface area (Å²) in [6, 6.07) is 3.31. The Balaban J connectivity index is 2.12. The summed E-state index contributed by atoms with van der Waals surface area (Å²) in [6.07, 6.45) is 0.973. The summed E-state index contributed by atoms with van der Waals surface area (Å²) in [5, 5.41) is 5.37. The van der Waals surface area contributed by atoms with Crippen molar-refractivity contribution < 1.29 is 4.79 Å². The van der Waals surface area contributed by atoms with Crippen molar-refractivity contribution in [2.24, 2.45) is 0 Å². The van der Waals surface area contributed by atoms with Crippen LogP contribution in [0.5, 0.6) is 0 Å². The minimum absolute atomic E-state index is 0.105. The van der Waals surface area contributed by atoms with Crippen molar-refractivity contribution in [3.05, 3.63) is 39.4 Å². The predicted molar refractivity (Wildman–Crippen MR) is 85.9 cm³/mol. The molecule has 112 valence electrons. The zero-order valence-corrected chi connectivity index (χ0v) is 13.5. The first-order valence-electron chi connectivity index (χ1n) is 6.64. The van der Waals surface area contributed by atoms with Gasteiger partial charge in [0, 0.05) is 24.5 Å². The van der Waals surface area contributed by atoms with Crippen LogP contribution in [-0.2, 0) is 6.54 Å². The van der Waals surface area contributed by atoms with Crippen LogP contribution >= 0.6 is 22.9 Å². The lowest BCUT2D eigenvalue weighted by Crippen LogP contribution is -2.26. The van der Waals surface area contributed by atoms with E-state index in [0.717, 1.165) is 18.7 Å². The Kier molecular flexibility index (Phi) is 5.52. The molecule has 1 N–H and O–H groups in total. The monoisotopic (exact) mass is 324 g/mol. The second-order valence-corrected chi connectivity index (χ2v) is 5.74. The smallest absolute Gasteiger partial charge is 0.254 e. The van der Waals surface area contributed by atoms with Gasteiger partial charge in [0.1, 0.15) is 11.0 Å². The van der Waals surface area contributed by atoms with E-state index in [9.17, 15) is 4.79 Å². The maximum Gasteiger partial charge on any atom is 0.254 e. The lowest BCUT2D eigenvalue weighted by atomic mass is 10.2. The minimum atomic E-state index is -0.105. The number of nitrogens with one attached hydrogen (secondary N) is 1. The summed E-state index contributed by atoms with van der Waals surface area (Å²) in [7, 11) is 1.75. The third-order valence-electron chi connectivity index (χ3n) is 2.83. The zero-order chi connectivity index (χ0) is 15.2. The fourth-order valence-corrected chi connectivity index (χ4v) is 2.57. The maximum absolute atomic E-state index is 12.4. The fraction of sp³-hybridized carbons (Fsp3) is 0.357. The van der Waals surface area contributed by atoms with Gasteiger partial charge in [-0.2, -0.15) is 0 Å². The molecular formula is C14H17ClN4OS. The highest BCUT2D eigenvalue weighted by Gasteiger charge is 2.15. The van der Waals surface area contributed by atoms with Crippen LogP contribution in [0.3, 0.4) is 0 Å². The summed E-state index contributed by atoms with van der Waals surface area (Å²) >= 11 is 7.50. The molecule has 0 saturated carbocycles. The Morgan fingerprint density at radius 1 is 1.48 bits per heavy atom. The number of nitrogens with zero attached hydrogens (tertiary/aromatic N) is 3. The van der Waals surface area contributed by atoms with Gasteiger partial charge in [-0.1, -0.05) is 18.5 Å². The van der Waals surface area contributed by atoms with Crippen molar-refractivity contribution in [1.29, 1.82) is 0 Å². The molecule has 2 rings (SSSR count). The van der Waals surface area contributed by atoms with Gasteiger partial charge in [0.25, 0.3) is 5.91 Å². The Hall–Kier alpha value is -1.66. The second-order valence-electron chi connectivity index (χ2n) is 4.63. The molecular weight excluding hydrogens is 308 g/mol. The molecule has 5 nitrogen and oxygen atoms in total. The summed E-state index contributed by atoms with van der Waals surface area (Å²) in [6.45, 7) is 3.32. The van der Waals surface area contributed by atoms with Crippen LogP contribution in [0, 0.1) is 0 Å². The van der Waals surface area contributed by atoms with Gasteiger partial charge in [-0.3, -0.25) is 4.79 Å². The normalized spacial score (nSPS) is 10.4.